The predicted molar refractivity (Wildman–Crippen MR) is 75.7 cm³/mol. The Morgan fingerprint density at radius 3 is 2.75 bits per heavy atom. The summed E-state index contributed by atoms with van der Waals surface area (Å²) >= 11 is 0. The summed E-state index contributed by atoms with van der Waals surface area (Å²) in [5.41, 5.74) is 0. The first-order chi connectivity index (χ1) is 9.38. The number of aromatic nitrogens is 2. The van der Waals surface area contributed by atoms with Gasteiger partial charge >= 0.3 is 6.03 Å². The summed E-state index contributed by atoms with van der Waals surface area (Å²) in [6, 6.07) is -0.360. The lowest BCUT2D eigenvalue weighted by molar-refractivity contribution is 0.149. The van der Waals surface area contributed by atoms with E-state index in [0.29, 0.717) is 24.2 Å². The van der Waals surface area contributed by atoms with E-state index in [0.717, 1.165) is 0 Å². The fourth-order valence-corrected chi connectivity index (χ4v) is 1.41. The van der Waals surface area contributed by atoms with Gasteiger partial charge in [0.05, 0.1) is 25.1 Å². The van der Waals surface area contributed by atoms with Crippen molar-refractivity contribution in [2.24, 2.45) is 5.92 Å². The highest BCUT2D eigenvalue weighted by molar-refractivity contribution is 5.87. The Balaban J connectivity index is 2.59. The molecule has 1 unspecified atom stereocenters. The molecule has 0 aliphatic heterocycles. The van der Waals surface area contributed by atoms with Crippen LogP contribution in [0.1, 0.15) is 20.8 Å². The highest BCUT2D eigenvalue weighted by Gasteiger charge is 2.12. The second-order valence-corrected chi connectivity index (χ2v) is 5.11. The SMILES string of the molecule is CC(C)COc1cncc(NC(=O)N(C)CC(C)O)n1. The molecule has 2 N–H and O–H groups in total. The minimum Gasteiger partial charge on any atom is -0.476 e. The smallest absolute Gasteiger partial charge is 0.322 e. The Kier molecular flexibility index (Phi) is 6.17. The number of nitrogens with one attached hydrogen (secondary N) is 1. The van der Waals surface area contributed by atoms with Crippen molar-refractivity contribution in [2.45, 2.75) is 26.9 Å². The number of carbonyl (C=O) groups excluding carboxylic acids is 1. The van der Waals surface area contributed by atoms with Crippen LogP contribution in [-0.2, 0) is 0 Å². The van der Waals surface area contributed by atoms with E-state index in [4.69, 9.17) is 4.74 Å². The van der Waals surface area contributed by atoms with Crippen molar-refractivity contribution >= 4 is 11.8 Å². The zero-order valence-electron chi connectivity index (χ0n) is 12.3. The van der Waals surface area contributed by atoms with Crippen molar-refractivity contribution < 1.29 is 14.6 Å². The number of rotatable bonds is 6. The van der Waals surface area contributed by atoms with Crippen LogP contribution in [0.4, 0.5) is 10.6 Å². The molecular formula is C13H22N4O3. The number of ether oxygens (including phenoxy) is 1. The summed E-state index contributed by atoms with van der Waals surface area (Å²) < 4.78 is 5.44. The largest absolute Gasteiger partial charge is 0.476 e. The molecule has 0 bridgehead atoms. The zero-order chi connectivity index (χ0) is 15.1. The van der Waals surface area contributed by atoms with Gasteiger partial charge in [-0.25, -0.2) is 4.79 Å². The summed E-state index contributed by atoms with van der Waals surface area (Å²) in [4.78, 5) is 21.3. The van der Waals surface area contributed by atoms with Crippen molar-refractivity contribution in [1.82, 2.24) is 14.9 Å². The Labute approximate surface area is 119 Å². The van der Waals surface area contributed by atoms with E-state index in [1.807, 2.05) is 13.8 Å². The first-order valence-electron chi connectivity index (χ1n) is 6.53. The van der Waals surface area contributed by atoms with E-state index >= 15 is 0 Å². The van der Waals surface area contributed by atoms with Gasteiger partial charge in [0.1, 0.15) is 0 Å². The third-order valence-corrected chi connectivity index (χ3v) is 2.30. The normalized spacial score (nSPS) is 12.1. The summed E-state index contributed by atoms with van der Waals surface area (Å²) in [7, 11) is 1.59. The van der Waals surface area contributed by atoms with Crippen molar-refractivity contribution in [3.63, 3.8) is 0 Å². The molecule has 0 fully saturated rings. The van der Waals surface area contributed by atoms with Crippen LogP contribution >= 0.6 is 0 Å². The Morgan fingerprint density at radius 1 is 1.45 bits per heavy atom. The molecule has 1 aromatic rings. The van der Waals surface area contributed by atoms with E-state index in [1.54, 1.807) is 14.0 Å². The first kappa shape index (κ1) is 16.2. The molecule has 0 spiro atoms. The van der Waals surface area contributed by atoms with Gasteiger partial charge in [-0.1, -0.05) is 13.8 Å². The fourth-order valence-electron chi connectivity index (χ4n) is 1.41. The number of urea groups is 1. The van der Waals surface area contributed by atoms with Gasteiger partial charge < -0.3 is 14.7 Å². The van der Waals surface area contributed by atoms with Crippen molar-refractivity contribution in [1.29, 1.82) is 0 Å². The zero-order valence-corrected chi connectivity index (χ0v) is 12.3. The standard InChI is InChI=1S/C13H22N4O3/c1-9(2)8-20-12-6-14-5-11(15-12)16-13(19)17(4)7-10(3)18/h5-6,9-10,18H,7-8H2,1-4H3,(H,15,16,19). The van der Waals surface area contributed by atoms with E-state index < -0.39 is 6.10 Å². The van der Waals surface area contributed by atoms with Crippen LogP contribution in [0.3, 0.4) is 0 Å². The van der Waals surface area contributed by atoms with Crippen LogP contribution in [0.2, 0.25) is 0 Å². The van der Waals surface area contributed by atoms with Crippen LogP contribution in [0, 0.1) is 5.92 Å². The topological polar surface area (TPSA) is 87.6 Å². The van der Waals surface area contributed by atoms with E-state index in [2.05, 4.69) is 15.3 Å². The van der Waals surface area contributed by atoms with Gasteiger partial charge in [-0.05, 0) is 12.8 Å². The molecule has 7 nitrogen and oxygen atoms in total. The van der Waals surface area contributed by atoms with E-state index in [-0.39, 0.29) is 12.6 Å². The number of aliphatic hydroxyl groups is 1. The molecule has 1 atom stereocenters. The fraction of sp³-hybridized carbons (Fsp3) is 0.615. The molecule has 2 amide bonds. The molecule has 112 valence electrons. The summed E-state index contributed by atoms with van der Waals surface area (Å²) in [5.74, 6) is 1.07. The van der Waals surface area contributed by atoms with Crippen LogP contribution in [-0.4, -0.2) is 52.3 Å². The molecule has 0 aliphatic carbocycles. The quantitative estimate of drug-likeness (QED) is 0.822. The average Bonchev–Trinajstić information content (AvgIpc) is 2.36. The molecule has 7 heteroatoms. The first-order valence-corrected chi connectivity index (χ1v) is 6.53. The monoisotopic (exact) mass is 282 g/mol. The predicted octanol–water partition coefficient (Wildman–Crippen LogP) is 1.36. The number of aliphatic hydroxyl groups excluding tert-OH is 1. The summed E-state index contributed by atoms with van der Waals surface area (Å²) in [6.45, 7) is 6.45. The number of hydrogen-bond donors (Lipinski definition) is 2. The minimum atomic E-state index is -0.586. The highest BCUT2D eigenvalue weighted by atomic mass is 16.5. The van der Waals surface area contributed by atoms with E-state index in [1.165, 1.54) is 17.3 Å². The number of amides is 2. The Hall–Kier alpha value is -1.89. The lowest BCUT2D eigenvalue weighted by atomic mass is 10.2. The van der Waals surface area contributed by atoms with Gasteiger partial charge in [0.2, 0.25) is 5.88 Å². The van der Waals surface area contributed by atoms with Crippen LogP contribution in [0.5, 0.6) is 5.88 Å². The van der Waals surface area contributed by atoms with Gasteiger partial charge in [0.15, 0.2) is 5.82 Å². The minimum absolute atomic E-state index is 0.239. The van der Waals surface area contributed by atoms with Gasteiger partial charge in [0, 0.05) is 13.6 Å². The maximum atomic E-state index is 11.8. The maximum Gasteiger partial charge on any atom is 0.322 e. The molecule has 0 saturated heterocycles. The Bertz CT molecular complexity index is 437. The number of likely N-dealkylation sites (N-methyl/N-ethyl adjacent to an activating group) is 1. The third kappa shape index (κ3) is 5.83. The molecule has 1 rings (SSSR count). The third-order valence-electron chi connectivity index (χ3n) is 2.30. The molecule has 0 aliphatic rings. The van der Waals surface area contributed by atoms with Gasteiger partial charge in [-0.3, -0.25) is 10.3 Å². The molecule has 0 aromatic carbocycles. The van der Waals surface area contributed by atoms with Crippen molar-refractivity contribution in [2.75, 3.05) is 25.5 Å². The van der Waals surface area contributed by atoms with Crippen molar-refractivity contribution in [3.8, 4) is 5.88 Å². The summed E-state index contributed by atoms with van der Waals surface area (Å²) in [5, 5.41) is 11.8. The molecule has 0 radical (unpaired) electrons. The van der Waals surface area contributed by atoms with Crippen LogP contribution in [0.15, 0.2) is 12.4 Å². The van der Waals surface area contributed by atoms with Crippen molar-refractivity contribution in [3.05, 3.63) is 12.4 Å². The van der Waals surface area contributed by atoms with Crippen LogP contribution in [0.25, 0.3) is 0 Å². The Morgan fingerprint density at radius 2 is 2.15 bits per heavy atom. The lowest BCUT2D eigenvalue weighted by Crippen LogP contribution is -2.36. The second-order valence-electron chi connectivity index (χ2n) is 5.11. The van der Waals surface area contributed by atoms with Gasteiger partial charge in [-0.15, -0.1) is 0 Å². The number of anilines is 1. The van der Waals surface area contributed by atoms with Gasteiger partial charge in [0.25, 0.3) is 0 Å². The molecule has 1 aromatic heterocycles. The lowest BCUT2D eigenvalue weighted by Gasteiger charge is -2.19. The van der Waals surface area contributed by atoms with Gasteiger partial charge in [-0.2, -0.15) is 4.98 Å². The molecule has 20 heavy (non-hydrogen) atoms. The molecule has 0 saturated carbocycles. The van der Waals surface area contributed by atoms with E-state index in [9.17, 15) is 9.90 Å². The number of hydrogen-bond acceptors (Lipinski definition) is 5. The molecule has 1 heterocycles. The maximum absolute atomic E-state index is 11.8. The number of carbonyl (C=O) groups is 1. The average molecular weight is 282 g/mol. The second kappa shape index (κ2) is 7.64. The summed E-state index contributed by atoms with van der Waals surface area (Å²) in [6.07, 6.45) is 2.35. The molecular weight excluding hydrogens is 260 g/mol. The highest BCUT2D eigenvalue weighted by Crippen LogP contribution is 2.10. The number of nitrogens with zero attached hydrogens (tertiary/aromatic N) is 3. The van der Waals surface area contributed by atoms with Crippen LogP contribution < -0.4 is 10.1 Å².